The zero-order chi connectivity index (χ0) is 19.1. The van der Waals surface area contributed by atoms with E-state index in [1.54, 1.807) is 11.6 Å². The topological polar surface area (TPSA) is 78.0 Å². The largest absolute Gasteiger partial charge is 0.348 e. The average Bonchev–Trinajstić information content (AvgIpc) is 3.15. The molecule has 1 amide bonds. The van der Waals surface area contributed by atoms with Gasteiger partial charge in [-0.15, -0.1) is 0 Å². The van der Waals surface area contributed by atoms with Gasteiger partial charge in [0.1, 0.15) is 5.82 Å². The second-order valence-electron chi connectivity index (χ2n) is 9.16. The summed E-state index contributed by atoms with van der Waals surface area (Å²) in [7, 11) is 0. The van der Waals surface area contributed by atoms with Crippen LogP contribution in [0.25, 0.3) is 6.08 Å². The highest BCUT2D eigenvalue weighted by atomic mass is 16.5. The number of hydrogen-bond acceptors (Lipinski definition) is 3. The van der Waals surface area contributed by atoms with Gasteiger partial charge in [0.25, 0.3) is 5.91 Å². The van der Waals surface area contributed by atoms with Crippen LogP contribution in [0.3, 0.4) is 0 Å². The summed E-state index contributed by atoms with van der Waals surface area (Å²) < 4.78 is 0. The standard InChI is InChI=1S/C23H27N3O2/c27-22(26-28)6-5-15-1-3-16(4-2-15)10-21-24-14-20(25-21)23-11-17-7-18(12-23)9-19(8-17)13-23/h1-6,14,17-19,28H,7-13H2,(H,24,25)(H,26,27)/b6-5+. The lowest BCUT2D eigenvalue weighted by atomic mass is 9.49. The minimum Gasteiger partial charge on any atom is -0.348 e. The van der Waals surface area contributed by atoms with Crippen molar-refractivity contribution >= 4 is 12.0 Å². The summed E-state index contributed by atoms with van der Waals surface area (Å²) >= 11 is 0. The van der Waals surface area contributed by atoms with E-state index in [1.165, 1.54) is 55.9 Å². The quantitative estimate of drug-likeness (QED) is 0.419. The predicted molar refractivity (Wildman–Crippen MR) is 107 cm³/mol. The molecular weight excluding hydrogens is 350 g/mol. The average molecular weight is 377 g/mol. The van der Waals surface area contributed by atoms with Gasteiger partial charge in [0.2, 0.25) is 0 Å². The van der Waals surface area contributed by atoms with Gasteiger partial charge >= 0.3 is 0 Å². The van der Waals surface area contributed by atoms with Crippen LogP contribution in [0, 0.1) is 17.8 Å². The number of imidazole rings is 1. The van der Waals surface area contributed by atoms with Gasteiger partial charge in [-0.3, -0.25) is 10.0 Å². The Bertz CT molecular complexity index is 862. The molecule has 4 saturated carbocycles. The first-order chi connectivity index (χ1) is 13.6. The van der Waals surface area contributed by atoms with Crippen molar-refractivity contribution in [1.29, 1.82) is 0 Å². The van der Waals surface area contributed by atoms with Crippen molar-refractivity contribution < 1.29 is 10.0 Å². The molecule has 0 unspecified atom stereocenters. The van der Waals surface area contributed by atoms with Crippen molar-refractivity contribution in [2.45, 2.75) is 50.4 Å². The number of aromatic amines is 1. The predicted octanol–water partition coefficient (Wildman–Crippen LogP) is 3.99. The van der Waals surface area contributed by atoms with E-state index in [0.29, 0.717) is 5.41 Å². The molecule has 0 spiro atoms. The fourth-order valence-corrected chi connectivity index (χ4v) is 6.30. The molecular formula is C23H27N3O2. The Morgan fingerprint density at radius 3 is 2.39 bits per heavy atom. The molecule has 4 fully saturated rings. The van der Waals surface area contributed by atoms with Crippen molar-refractivity contribution in [1.82, 2.24) is 15.4 Å². The van der Waals surface area contributed by atoms with Gasteiger partial charge in [-0.1, -0.05) is 24.3 Å². The highest BCUT2D eigenvalue weighted by Crippen LogP contribution is 2.60. The lowest BCUT2D eigenvalue weighted by Gasteiger charge is -2.56. The molecule has 28 heavy (non-hydrogen) atoms. The van der Waals surface area contributed by atoms with Crippen molar-refractivity contribution in [3.05, 3.63) is 59.2 Å². The van der Waals surface area contributed by atoms with E-state index in [9.17, 15) is 4.79 Å². The molecule has 0 atom stereocenters. The molecule has 1 heterocycles. The number of hydrogen-bond donors (Lipinski definition) is 3. The third kappa shape index (κ3) is 3.28. The monoisotopic (exact) mass is 377 g/mol. The van der Waals surface area contributed by atoms with Crippen LogP contribution in [0.2, 0.25) is 0 Å². The van der Waals surface area contributed by atoms with Crippen molar-refractivity contribution in [3.8, 4) is 0 Å². The lowest BCUT2D eigenvalue weighted by molar-refractivity contribution is -0.124. The first kappa shape index (κ1) is 17.7. The second kappa shape index (κ2) is 6.89. The number of hydroxylamine groups is 1. The SMILES string of the molecule is O=C(/C=C/c1ccc(Cc2nc(C34CC5CC(CC(C5)C3)C4)c[nH]2)cc1)NO. The minimum atomic E-state index is -0.531. The number of benzene rings is 1. The van der Waals surface area contributed by atoms with Crippen LogP contribution < -0.4 is 5.48 Å². The summed E-state index contributed by atoms with van der Waals surface area (Å²) in [6, 6.07) is 8.06. The molecule has 0 radical (unpaired) electrons. The van der Waals surface area contributed by atoms with Crippen molar-refractivity contribution in [3.63, 3.8) is 0 Å². The number of nitrogens with one attached hydrogen (secondary N) is 2. The van der Waals surface area contributed by atoms with Gasteiger partial charge < -0.3 is 4.98 Å². The van der Waals surface area contributed by atoms with Crippen LogP contribution in [0.1, 0.15) is 61.2 Å². The van der Waals surface area contributed by atoms with Crippen LogP contribution in [0.4, 0.5) is 0 Å². The first-order valence-electron chi connectivity index (χ1n) is 10.4. The summed E-state index contributed by atoms with van der Waals surface area (Å²) in [6.07, 6.45) is 14.3. The zero-order valence-corrected chi connectivity index (χ0v) is 16.0. The third-order valence-electron chi connectivity index (χ3n) is 7.10. The molecule has 4 aliphatic carbocycles. The van der Waals surface area contributed by atoms with Gasteiger partial charge in [0.05, 0.1) is 5.69 Å². The van der Waals surface area contributed by atoms with Gasteiger partial charge in [-0.2, -0.15) is 0 Å². The van der Waals surface area contributed by atoms with Gasteiger partial charge in [0, 0.05) is 24.1 Å². The van der Waals surface area contributed by atoms with E-state index in [-0.39, 0.29) is 0 Å². The van der Waals surface area contributed by atoms with Crippen LogP contribution in [-0.2, 0) is 16.6 Å². The van der Waals surface area contributed by atoms with E-state index < -0.39 is 5.91 Å². The number of H-pyrrole nitrogens is 1. The molecule has 0 saturated heterocycles. The van der Waals surface area contributed by atoms with Crippen molar-refractivity contribution in [2.24, 2.45) is 17.8 Å². The molecule has 3 N–H and O–H groups in total. The maximum absolute atomic E-state index is 11.1. The van der Waals surface area contributed by atoms with Crippen LogP contribution >= 0.6 is 0 Å². The number of rotatable bonds is 5. The maximum Gasteiger partial charge on any atom is 0.267 e. The summed E-state index contributed by atoms with van der Waals surface area (Å²) in [6.45, 7) is 0. The van der Waals surface area contributed by atoms with Gasteiger partial charge in [-0.25, -0.2) is 10.5 Å². The normalized spacial score (nSPS) is 30.8. The Hall–Kier alpha value is -2.40. The molecule has 4 aliphatic rings. The fraction of sp³-hybridized carbons (Fsp3) is 0.478. The molecule has 5 nitrogen and oxygen atoms in total. The maximum atomic E-state index is 11.1. The Morgan fingerprint density at radius 1 is 1.14 bits per heavy atom. The number of carbonyl (C=O) groups excluding carboxylic acids is 1. The Morgan fingerprint density at radius 2 is 1.79 bits per heavy atom. The van der Waals surface area contributed by atoms with E-state index in [2.05, 4.69) is 23.3 Å². The smallest absolute Gasteiger partial charge is 0.267 e. The number of carbonyl (C=O) groups is 1. The third-order valence-corrected chi connectivity index (χ3v) is 7.10. The molecule has 1 aromatic heterocycles. The van der Waals surface area contributed by atoms with Crippen LogP contribution in [0.15, 0.2) is 36.5 Å². The number of nitrogens with zero attached hydrogens (tertiary/aromatic N) is 1. The number of amides is 1. The Kier molecular flexibility index (Phi) is 4.35. The van der Waals surface area contributed by atoms with Crippen LogP contribution in [0.5, 0.6) is 0 Å². The highest BCUT2D eigenvalue weighted by molar-refractivity contribution is 5.90. The van der Waals surface area contributed by atoms with Crippen molar-refractivity contribution in [2.75, 3.05) is 0 Å². The molecule has 0 aliphatic heterocycles. The van der Waals surface area contributed by atoms with Crippen LogP contribution in [-0.4, -0.2) is 21.1 Å². The molecule has 6 rings (SSSR count). The lowest BCUT2D eigenvalue weighted by Crippen LogP contribution is -2.48. The summed E-state index contributed by atoms with van der Waals surface area (Å²) in [5.74, 6) is 3.30. The van der Waals surface area contributed by atoms with E-state index in [1.807, 2.05) is 12.1 Å². The molecule has 2 aromatic rings. The molecule has 4 bridgehead atoms. The molecule has 5 heteroatoms. The summed E-state index contributed by atoms with van der Waals surface area (Å²) in [4.78, 5) is 19.5. The second-order valence-corrected chi connectivity index (χ2v) is 9.16. The molecule has 146 valence electrons. The molecule has 1 aromatic carbocycles. The Labute approximate surface area is 165 Å². The minimum absolute atomic E-state index is 0.339. The van der Waals surface area contributed by atoms with E-state index in [4.69, 9.17) is 10.2 Å². The fourth-order valence-electron chi connectivity index (χ4n) is 6.30. The van der Waals surface area contributed by atoms with E-state index >= 15 is 0 Å². The Balaban J connectivity index is 1.28. The van der Waals surface area contributed by atoms with Gasteiger partial charge in [0.15, 0.2) is 0 Å². The summed E-state index contributed by atoms with van der Waals surface area (Å²) in [5, 5.41) is 8.53. The highest BCUT2D eigenvalue weighted by Gasteiger charge is 2.52. The summed E-state index contributed by atoms with van der Waals surface area (Å²) in [5.41, 5.74) is 5.34. The number of aromatic nitrogens is 2. The van der Waals surface area contributed by atoms with E-state index in [0.717, 1.165) is 35.6 Å². The zero-order valence-electron chi connectivity index (χ0n) is 16.0. The van der Waals surface area contributed by atoms with Gasteiger partial charge in [-0.05, 0) is 73.5 Å². The first-order valence-corrected chi connectivity index (χ1v) is 10.4.